The van der Waals surface area contributed by atoms with E-state index in [0.29, 0.717) is 11.6 Å². The fourth-order valence-corrected chi connectivity index (χ4v) is 2.70. The number of benzene rings is 1. The highest BCUT2D eigenvalue weighted by Crippen LogP contribution is 2.19. The van der Waals surface area contributed by atoms with Crippen molar-refractivity contribution >= 4 is 22.8 Å². The van der Waals surface area contributed by atoms with Crippen molar-refractivity contribution in [3.05, 3.63) is 53.5 Å². The zero-order chi connectivity index (χ0) is 16.4. The molecule has 0 saturated heterocycles. The van der Waals surface area contributed by atoms with Crippen LogP contribution in [0.2, 0.25) is 0 Å². The number of hydrogen-bond donors (Lipinski definition) is 2. The Morgan fingerprint density at radius 1 is 1.13 bits per heavy atom. The molecule has 0 spiro atoms. The molecule has 118 valence electrons. The second-order valence-electron chi connectivity index (χ2n) is 5.39. The second-order valence-corrected chi connectivity index (χ2v) is 5.39. The molecule has 0 bridgehead atoms. The third-order valence-corrected chi connectivity index (χ3v) is 3.63. The molecule has 0 saturated carbocycles. The summed E-state index contributed by atoms with van der Waals surface area (Å²) < 4.78 is 1.98. The molecule has 0 unspecified atom stereocenters. The maximum atomic E-state index is 12.5. The predicted octanol–water partition coefficient (Wildman–Crippen LogP) is 2.82. The number of anilines is 1. The van der Waals surface area contributed by atoms with Crippen LogP contribution in [0, 0.1) is 13.8 Å². The minimum atomic E-state index is -0.217. The number of fused-ring (bicyclic) bond motifs is 1. The standard InChI is InChI=1S/C17H19N5O/c1-4-22-14-8-6-5-7-13(14)10-15(22)16(23)20-21-17-18-11(2)9-12(3)19-17/h5-10H,4H2,1-3H3,(H,20,23)(H,18,19,21). The minimum Gasteiger partial charge on any atom is -0.337 e. The third-order valence-electron chi connectivity index (χ3n) is 3.63. The molecule has 3 aromatic rings. The Balaban J connectivity index is 1.83. The number of nitrogens with zero attached hydrogens (tertiary/aromatic N) is 3. The van der Waals surface area contributed by atoms with Crippen molar-refractivity contribution in [3.8, 4) is 0 Å². The van der Waals surface area contributed by atoms with Gasteiger partial charge < -0.3 is 4.57 Å². The first-order valence-corrected chi connectivity index (χ1v) is 7.55. The zero-order valence-corrected chi connectivity index (χ0v) is 13.4. The van der Waals surface area contributed by atoms with Crippen LogP contribution < -0.4 is 10.9 Å². The Labute approximate surface area is 134 Å². The molecule has 0 aliphatic rings. The number of nitrogens with one attached hydrogen (secondary N) is 2. The molecular weight excluding hydrogens is 290 g/mol. The number of carbonyl (C=O) groups excluding carboxylic acids is 1. The van der Waals surface area contributed by atoms with Crippen molar-refractivity contribution < 1.29 is 4.79 Å². The number of aryl methyl sites for hydroxylation is 3. The molecule has 3 rings (SSSR count). The Bertz CT molecular complexity index is 848. The van der Waals surface area contributed by atoms with Crippen molar-refractivity contribution in [3.63, 3.8) is 0 Å². The molecule has 23 heavy (non-hydrogen) atoms. The van der Waals surface area contributed by atoms with Gasteiger partial charge in [-0.25, -0.2) is 9.97 Å². The van der Waals surface area contributed by atoms with E-state index in [4.69, 9.17) is 0 Å². The topological polar surface area (TPSA) is 71.8 Å². The SMILES string of the molecule is CCn1c(C(=O)NNc2nc(C)cc(C)n2)cc2ccccc21. The van der Waals surface area contributed by atoms with Crippen molar-refractivity contribution in [2.24, 2.45) is 0 Å². The van der Waals surface area contributed by atoms with E-state index in [1.54, 1.807) is 0 Å². The van der Waals surface area contributed by atoms with E-state index in [-0.39, 0.29) is 5.91 Å². The lowest BCUT2D eigenvalue weighted by Gasteiger charge is -2.10. The van der Waals surface area contributed by atoms with Gasteiger partial charge in [-0.3, -0.25) is 15.6 Å². The molecule has 6 nitrogen and oxygen atoms in total. The first-order chi connectivity index (χ1) is 11.1. The van der Waals surface area contributed by atoms with Crippen molar-refractivity contribution in [1.29, 1.82) is 0 Å². The summed E-state index contributed by atoms with van der Waals surface area (Å²) in [6.07, 6.45) is 0. The monoisotopic (exact) mass is 309 g/mol. The van der Waals surface area contributed by atoms with Gasteiger partial charge in [0.05, 0.1) is 0 Å². The number of hydrogen-bond acceptors (Lipinski definition) is 4. The van der Waals surface area contributed by atoms with Gasteiger partial charge in [0.1, 0.15) is 5.69 Å². The Morgan fingerprint density at radius 2 is 1.83 bits per heavy atom. The number of para-hydroxylation sites is 1. The highest BCUT2D eigenvalue weighted by molar-refractivity contribution is 5.99. The highest BCUT2D eigenvalue weighted by Gasteiger charge is 2.14. The maximum Gasteiger partial charge on any atom is 0.286 e. The smallest absolute Gasteiger partial charge is 0.286 e. The zero-order valence-electron chi connectivity index (χ0n) is 13.4. The first-order valence-electron chi connectivity index (χ1n) is 7.55. The van der Waals surface area contributed by atoms with Gasteiger partial charge in [0.2, 0.25) is 5.95 Å². The van der Waals surface area contributed by atoms with E-state index >= 15 is 0 Å². The number of aromatic nitrogens is 3. The quantitative estimate of drug-likeness (QED) is 0.727. The fourth-order valence-electron chi connectivity index (χ4n) is 2.70. The first kappa shape index (κ1) is 15.0. The molecular formula is C17H19N5O. The van der Waals surface area contributed by atoms with E-state index < -0.39 is 0 Å². The summed E-state index contributed by atoms with van der Waals surface area (Å²) in [4.78, 5) is 21.0. The average molecular weight is 309 g/mol. The molecule has 1 amide bonds. The fraction of sp³-hybridized carbons (Fsp3) is 0.235. The van der Waals surface area contributed by atoms with E-state index in [1.807, 2.05) is 61.7 Å². The molecule has 1 aromatic carbocycles. The molecule has 2 heterocycles. The van der Waals surface area contributed by atoms with Crippen LogP contribution in [0.3, 0.4) is 0 Å². The lowest BCUT2D eigenvalue weighted by molar-refractivity contribution is 0.0953. The molecule has 0 aliphatic carbocycles. The van der Waals surface area contributed by atoms with Gasteiger partial charge in [-0.2, -0.15) is 0 Å². The van der Waals surface area contributed by atoms with E-state index in [2.05, 4.69) is 20.8 Å². The summed E-state index contributed by atoms with van der Waals surface area (Å²) in [6, 6.07) is 11.7. The molecule has 6 heteroatoms. The summed E-state index contributed by atoms with van der Waals surface area (Å²) in [7, 11) is 0. The van der Waals surface area contributed by atoms with Crippen LogP contribution in [-0.2, 0) is 6.54 Å². The van der Waals surface area contributed by atoms with E-state index in [9.17, 15) is 4.79 Å². The second kappa shape index (κ2) is 6.08. The van der Waals surface area contributed by atoms with Gasteiger partial charge in [0, 0.05) is 28.8 Å². The highest BCUT2D eigenvalue weighted by atomic mass is 16.2. The van der Waals surface area contributed by atoms with Crippen molar-refractivity contribution in [2.75, 3.05) is 5.43 Å². The number of carbonyl (C=O) groups is 1. The van der Waals surface area contributed by atoms with Crippen LogP contribution in [0.5, 0.6) is 0 Å². The summed E-state index contributed by atoms with van der Waals surface area (Å²) in [5.41, 5.74) is 8.79. The normalized spacial score (nSPS) is 10.7. The molecule has 2 aromatic heterocycles. The molecule has 0 aliphatic heterocycles. The van der Waals surface area contributed by atoms with Gasteiger partial charge in [0.25, 0.3) is 5.91 Å². The molecule has 0 atom stereocenters. The molecule has 2 N–H and O–H groups in total. The predicted molar refractivity (Wildman–Crippen MR) is 90.2 cm³/mol. The van der Waals surface area contributed by atoms with Crippen molar-refractivity contribution in [2.45, 2.75) is 27.3 Å². The molecule has 0 fully saturated rings. The summed E-state index contributed by atoms with van der Waals surface area (Å²) in [5, 5.41) is 1.04. The average Bonchev–Trinajstić information content (AvgIpc) is 2.90. The van der Waals surface area contributed by atoms with Crippen LogP contribution >= 0.6 is 0 Å². The van der Waals surface area contributed by atoms with Gasteiger partial charge >= 0.3 is 0 Å². The van der Waals surface area contributed by atoms with Gasteiger partial charge in [-0.15, -0.1) is 0 Å². The lowest BCUT2D eigenvalue weighted by atomic mass is 10.2. The van der Waals surface area contributed by atoms with Crippen LogP contribution in [0.1, 0.15) is 28.8 Å². The largest absolute Gasteiger partial charge is 0.337 e. The Kier molecular flexibility index (Phi) is 3.97. The third kappa shape index (κ3) is 3.01. The van der Waals surface area contributed by atoms with E-state index in [1.165, 1.54) is 0 Å². The number of amides is 1. The minimum absolute atomic E-state index is 0.217. The summed E-state index contributed by atoms with van der Waals surface area (Å²) >= 11 is 0. The summed E-state index contributed by atoms with van der Waals surface area (Å²) in [6.45, 7) is 6.51. The van der Waals surface area contributed by atoms with Crippen molar-refractivity contribution in [1.82, 2.24) is 20.0 Å². The number of rotatable bonds is 4. The van der Waals surface area contributed by atoms with Gasteiger partial charge in [-0.05, 0) is 39.0 Å². The Hall–Kier alpha value is -2.89. The molecule has 0 radical (unpaired) electrons. The van der Waals surface area contributed by atoms with E-state index in [0.717, 1.165) is 28.8 Å². The maximum absolute atomic E-state index is 12.5. The summed E-state index contributed by atoms with van der Waals surface area (Å²) in [5.74, 6) is 0.167. The van der Waals surface area contributed by atoms with Gasteiger partial charge in [0.15, 0.2) is 0 Å². The van der Waals surface area contributed by atoms with Crippen LogP contribution in [0.4, 0.5) is 5.95 Å². The number of hydrazine groups is 1. The van der Waals surface area contributed by atoms with Gasteiger partial charge in [-0.1, -0.05) is 18.2 Å². The Morgan fingerprint density at radius 3 is 2.52 bits per heavy atom. The van der Waals surface area contributed by atoms with Crippen LogP contribution in [-0.4, -0.2) is 20.4 Å². The van der Waals surface area contributed by atoms with Crippen LogP contribution in [0.25, 0.3) is 10.9 Å². The van der Waals surface area contributed by atoms with Crippen LogP contribution in [0.15, 0.2) is 36.4 Å². The lowest BCUT2D eigenvalue weighted by Crippen LogP contribution is -2.32.